The molecular weight excluding hydrogens is 472 g/mol. The number of hydrogen-bond donors (Lipinski definition) is 1. The first kappa shape index (κ1) is 23.5. The lowest BCUT2D eigenvalue weighted by atomic mass is 9.96. The summed E-state index contributed by atoms with van der Waals surface area (Å²) in [6.45, 7) is 3.83. The summed E-state index contributed by atoms with van der Waals surface area (Å²) >= 11 is 0. The maximum absolute atomic E-state index is 13.1. The Balaban J connectivity index is 1.40. The van der Waals surface area contributed by atoms with E-state index in [1.165, 1.54) is 5.39 Å². The third kappa shape index (κ3) is 4.18. The lowest BCUT2D eigenvalue weighted by Crippen LogP contribution is -2.09. The molecule has 0 spiro atoms. The number of methoxy groups -OCH3 is 1. The molecule has 0 fully saturated rings. The van der Waals surface area contributed by atoms with Gasteiger partial charge in [-0.25, -0.2) is 0 Å². The summed E-state index contributed by atoms with van der Waals surface area (Å²) in [4.78, 5) is 17.7. The van der Waals surface area contributed by atoms with Gasteiger partial charge in [0.2, 0.25) is 5.91 Å². The quantitative estimate of drug-likeness (QED) is 0.244. The fraction of sp³-hybridized carbons (Fsp3) is 0.0909. The zero-order chi connectivity index (χ0) is 26.2. The van der Waals surface area contributed by atoms with Crippen LogP contribution < -0.4 is 10.1 Å². The van der Waals surface area contributed by atoms with Crippen molar-refractivity contribution in [2.75, 3.05) is 12.4 Å². The van der Waals surface area contributed by atoms with Gasteiger partial charge in [-0.05, 0) is 54.0 Å². The third-order valence-electron chi connectivity index (χ3n) is 6.85. The molecule has 0 aliphatic carbocycles. The molecule has 0 bridgehead atoms. The average molecular weight is 499 g/mol. The number of nitrogens with one attached hydrogen (secondary N) is 1. The van der Waals surface area contributed by atoms with Crippen LogP contribution in [-0.2, 0) is 4.79 Å². The number of aryl methyl sites for hydroxylation is 1. The molecule has 5 nitrogen and oxygen atoms in total. The number of allylic oxidation sites excluding steroid dienone is 1. The first-order chi connectivity index (χ1) is 18.5. The first-order valence-electron chi connectivity index (χ1n) is 12.5. The molecule has 4 aromatic carbocycles. The van der Waals surface area contributed by atoms with E-state index < -0.39 is 0 Å². The summed E-state index contributed by atoms with van der Waals surface area (Å²) in [5.74, 6) is 0.421. The molecule has 0 aliphatic rings. The Bertz CT molecular complexity index is 1880. The van der Waals surface area contributed by atoms with Crippen molar-refractivity contribution in [2.24, 2.45) is 0 Å². The van der Waals surface area contributed by atoms with Crippen molar-refractivity contribution in [1.82, 2.24) is 4.98 Å². The second-order valence-electron chi connectivity index (χ2n) is 9.37. The van der Waals surface area contributed by atoms with E-state index in [1.807, 2.05) is 68.4 Å². The molecule has 0 radical (unpaired) electrons. The van der Waals surface area contributed by atoms with Gasteiger partial charge in [0.15, 0.2) is 0 Å². The molecule has 0 saturated heterocycles. The van der Waals surface area contributed by atoms with Gasteiger partial charge < -0.3 is 14.5 Å². The van der Waals surface area contributed by atoms with Crippen molar-refractivity contribution >= 4 is 49.8 Å². The number of hydrogen-bond acceptors (Lipinski definition) is 4. The van der Waals surface area contributed by atoms with E-state index in [1.54, 1.807) is 19.4 Å². The number of benzene rings is 4. The molecule has 38 heavy (non-hydrogen) atoms. The van der Waals surface area contributed by atoms with Gasteiger partial charge >= 0.3 is 0 Å². The minimum Gasteiger partial charge on any atom is -0.496 e. The number of carbonyl (C=O) groups is 1. The molecular formula is C33H26N2O3. The smallest absolute Gasteiger partial charge is 0.248 e. The van der Waals surface area contributed by atoms with E-state index in [9.17, 15) is 4.79 Å². The Morgan fingerprint density at radius 3 is 2.50 bits per heavy atom. The number of amides is 1. The maximum Gasteiger partial charge on any atom is 0.248 e. The van der Waals surface area contributed by atoms with Crippen LogP contribution in [0.4, 0.5) is 5.69 Å². The Labute approximate surface area is 220 Å². The molecule has 0 saturated carbocycles. The van der Waals surface area contributed by atoms with Gasteiger partial charge in [-0.1, -0.05) is 60.7 Å². The van der Waals surface area contributed by atoms with Crippen LogP contribution in [0.1, 0.15) is 18.2 Å². The van der Waals surface area contributed by atoms with Gasteiger partial charge in [-0.15, -0.1) is 0 Å². The fourth-order valence-electron chi connectivity index (χ4n) is 5.06. The number of carbonyl (C=O) groups excluding carboxylic acids is 1. The van der Waals surface area contributed by atoms with Crippen LogP contribution in [0.15, 0.2) is 102 Å². The lowest BCUT2D eigenvalue weighted by molar-refractivity contribution is -0.111. The molecule has 5 heteroatoms. The van der Waals surface area contributed by atoms with Gasteiger partial charge in [0, 0.05) is 39.7 Å². The standard InChI is InChI=1S/C33H26N2O3/c1-20(15-33(36)35-30-16-21(2)34-29-14-7-6-12-25(29)30)26-17-27-28(19-38-32(27)18-31(26)37-3)24-13-8-10-22-9-4-5-11-23(22)24/h4-19H,1-3H3,(H,34,35,36)/b20-15+. The Kier molecular flexibility index (Phi) is 5.89. The Hall–Kier alpha value is -4.90. The van der Waals surface area contributed by atoms with Crippen molar-refractivity contribution in [1.29, 1.82) is 0 Å². The number of para-hydroxylation sites is 1. The van der Waals surface area contributed by atoms with E-state index >= 15 is 0 Å². The topological polar surface area (TPSA) is 64.4 Å². The molecule has 2 heterocycles. The van der Waals surface area contributed by atoms with Gasteiger partial charge in [0.1, 0.15) is 11.3 Å². The summed E-state index contributed by atoms with van der Waals surface area (Å²) in [6, 6.07) is 28.2. The highest BCUT2D eigenvalue weighted by Crippen LogP contribution is 2.39. The molecule has 1 amide bonds. The van der Waals surface area contributed by atoms with Crippen LogP contribution in [0, 0.1) is 6.92 Å². The van der Waals surface area contributed by atoms with E-state index in [0.717, 1.165) is 60.9 Å². The highest BCUT2D eigenvalue weighted by atomic mass is 16.5. The lowest BCUT2D eigenvalue weighted by Gasteiger charge is -2.12. The number of pyridine rings is 1. The number of rotatable bonds is 5. The first-order valence-corrected chi connectivity index (χ1v) is 12.5. The SMILES string of the molecule is COc1cc2occ(-c3cccc4ccccc34)c2cc1/C(C)=C/C(=O)Nc1cc(C)nc2ccccc12. The fourth-order valence-corrected chi connectivity index (χ4v) is 5.06. The Morgan fingerprint density at radius 1 is 0.895 bits per heavy atom. The molecule has 6 aromatic rings. The second-order valence-corrected chi connectivity index (χ2v) is 9.37. The highest BCUT2D eigenvalue weighted by Gasteiger charge is 2.16. The van der Waals surface area contributed by atoms with Crippen LogP contribution in [-0.4, -0.2) is 18.0 Å². The number of furan rings is 1. The monoisotopic (exact) mass is 498 g/mol. The summed E-state index contributed by atoms with van der Waals surface area (Å²) in [7, 11) is 1.62. The Morgan fingerprint density at radius 2 is 1.66 bits per heavy atom. The zero-order valence-electron chi connectivity index (χ0n) is 21.4. The van der Waals surface area contributed by atoms with Crippen LogP contribution >= 0.6 is 0 Å². The number of fused-ring (bicyclic) bond motifs is 3. The molecule has 2 aromatic heterocycles. The van der Waals surface area contributed by atoms with Gasteiger partial charge in [-0.3, -0.25) is 9.78 Å². The predicted octanol–water partition coefficient (Wildman–Crippen LogP) is 8.16. The highest BCUT2D eigenvalue weighted by molar-refractivity contribution is 6.09. The number of aromatic nitrogens is 1. The van der Waals surface area contributed by atoms with Crippen LogP contribution in [0.2, 0.25) is 0 Å². The molecule has 1 N–H and O–H groups in total. The summed E-state index contributed by atoms with van der Waals surface area (Å²) in [5, 5.41) is 7.22. The minimum absolute atomic E-state index is 0.220. The maximum atomic E-state index is 13.1. The van der Waals surface area contributed by atoms with E-state index in [4.69, 9.17) is 9.15 Å². The summed E-state index contributed by atoms with van der Waals surface area (Å²) in [5.41, 5.74) is 6.84. The van der Waals surface area contributed by atoms with Crippen molar-refractivity contribution in [3.05, 3.63) is 109 Å². The van der Waals surface area contributed by atoms with Crippen LogP contribution in [0.25, 0.3) is 49.3 Å². The minimum atomic E-state index is -0.220. The second kappa shape index (κ2) is 9.52. The molecule has 0 unspecified atom stereocenters. The molecule has 0 atom stereocenters. The summed E-state index contributed by atoms with van der Waals surface area (Å²) < 4.78 is 11.6. The van der Waals surface area contributed by atoms with Crippen molar-refractivity contribution in [2.45, 2.75) is 13.8 Å². The zero-order valence-corrected chi connectivity index (χ0v) is 21.4. The van der Waals surface area contributed by atoms with E-state index in [0.29, 0.717) is 5.75 Å². The van der Waals surface area contributed by atoms with Gasteiger partial charge in [-0.2, -0.15) is 0 Å². The van der Waals surface area contributed by atoms with Gasteiger partial charge in [0.05, 0.1) is 24.6 Å². The average Bonchev–Trinajstić information content (AvgIpc) is 3.34. The summed E-state index contributed by atoms with van der Waals surface area (Å²) in [6.07, 6.45) is 3.39. The van der Waals surface area contributed by atoms with Gasteiger partial charge in [0.25, 0.3) is 0 Å². The molecule has 6 rings (SSSR count). The normalized spacial score (nSPS) is 11.8. The van der Waals surface area contributed by atoms with Crippen molar-refractivity contribution in [3.8, 4) is 16.9 Å². The van der Waals surface area contributed by atoms with Crippen LogP contribution in [0.3, 0.4) is 0 Å². The van der Waals surface area contributed by atoms with Crippen molar-refractivity contribution < 1.29 is 13.9 Å². The van der Waals surface area contributed by atoms with Crippen LogP contribution in [0.5, 0.6) is 5.75 Å². The largest absolute Gasteiger partial charge is 0.496 e. The molecule has 0 aliphatic heterocycles. The molecule has 186 valence electrons. The number of ether oxygens (including phenoxy) is 1. The number of nitrogens with zero attached hydrogens (tertiary/aromatic N) is 1. The van der Waals surface area contributed by atoms with Crippen molar-refractivity contribution in [3.63, 3.8) is 0 Å². The number of anilines is 1. The van der Waals surface area contributed by atoms with E-state index in [2.05, 4.69) is 40.6 Å². The predicted molar refractivity (Wildman–Crippen MR) is 154 cm³/mol. The third-order valence-corrected chi connectivity index (χ3v) is 6.85. The van der Waals surface area contributed by atoms with E-state index in [-0.39, 0.29) is 5.91 Å².